The molecule has 1 saturated heterocycles. The molecule has 116 valence electrons. The second kappa shape index (κ2) is 8.13. The molecule has 0 saturated carbocycles. The van der Waals surface area contributed by atoms with Gasteiger partial charge in [0, 0.05) is 18.7 Å². The second-order valence-electron chi connectivity index (χ2n) is 5.92. The highest BCUT2D eigenvalue weighted by Crippen LogP contribution is 2.14. The minimum Gasteiger partial charge on any atom is -0.350 e. The topological polar surface area (TPSA) is 45.2 Å². The Labute approximate surface area is 127 Å². The van der Waals surface area contributed by atoms with Crippen molar-refractivity contribution in [1.82, 2.24) is 15.2 Å². The highest BCUT2D eigenvalue weighted by atomic mass is 16.1. The van der Waals surface area contributed by atoms with Crippen LogP contribution >= 0.6 is 0 Å². The summed E-state index contributed by atoms with van der Waals surface area (Å²) in [5, 5.41) is 2.96. The molecule has 4 heteroatoms. The van der Waals surface area contributed by atoms with E-state index in [1.54, 1.807) is 0 Å². The van der Waals surface area contributed by atoms with Crippen LogP contribution in [-0.2, 0) is 17.8 Å². The number of hydrogen-bond donors (Lipinski definition) is 1. The van der Waals surface area contributed by atoms with Crippen LogP contribution in [0, 0.1) is 0 Å². The van der Waals surface area contributed by atoms with E-state index in [2.05, 4.69) is 35.1 Å². The maximum atomic E-state index is 11.9. The average Bonchev–Trinajstić information content (AvgIpc) is 3.05. The summed E-state index contributed by atoms with van der Waals surface area (Å²) in [5.41, 5.74) is 2.15. The zero-order valence-electron chi connectivity index (χ0n) is 13.3. The minimum atomic E-state index is 0.127. The smallest absolute Gasteiger partial charge is 0.220 e. The molecule has 1 aromatic heterocycles. The van der Waals surface area contributed by atoms with Gasteiger partial charge in [-0.25, -0.2) is 0 Å². The number of nitrogens with zero attached hydrogens (tertiary/aromatic N) is 2. The van der Waals surface area contributed by atoms with Crippen LogP contribution in [0.4, 0.5) is 0 Å². The third-order valence-corrected chi connectivity index (χ3v) is 4.31. The zero-order valence-corrected chi connectivity index (χ0v) is 13.3. The Balaban J connectivity index is 1.66. The van der Waals surface area contributed by atoms with Crippen LogP contribution < -0.4 is 5.32 Å². The number of hydrogen-bond acceptors (Lipinski definition) is 3. The lowest BCUT2D eigenvalue weighted by molar-refractivity contribution is -0.121. The Morgan fingerprint density at radius 3 is 2.76 bits per heavy atom. The Morgan fingerprint density at radius 2 is 2.14 bits per heavy atom. The van der Waals surface area contributed by atoms with Crippen LogP contribution in [0.5, 0.6) is 0 Å². The molecule has 21 heavy (non-hydrogen) atoms. The summed E-state index contributed by atoms with van der Waals surface area (Å²) in [7, 11) is 0. The van der Waals surface area contributed by atoms with Crippen LogP contribution in [0.2, 0.25) is 0 Å². The molecule has 1 aliphatic heterocycles. The van der Waals surface area contributed by atoms with Gasteiger partial charge < -0.3 is 10.2 Å². The fourth-order valence-corrected chi connectivity index (χ4v) is 2.75. The maximum Gasteiger partial charge on any atom is 0.220 e. The Bertz CT molecular complexity index is 438. The van der Waals surface area contributed by atoms with E-state index < -0.39 is 0 Å². The highest BCUT2D eigenvalue weighted by molar-refractivity contribution is 5.75. The lowest BCUT2D eigenvalue weighted by Gasteiger charge is -2.23. The van der Waals surface area contributed by atoms with E-state index in [0.29, 0.717) is 19.0 Å². The largest absolute Gasteiger partial charge is 0.350 e. The summed E-state index contributed by atoms with van der Waals surface area (Å²) in [6.07, 6.45) is 7.02. The summed E-state index contributed by atoms with van der Waals surface area (Å²) in [5.74, 6) is 0.127. The van der Waals surface area contributed by atoms with E-state index in [1.165, 1.54) is 31.5 Å². The van der Waals surface area contributed by atoms with Gasteiger partial charge in [-0.15, -0.1) is 0 Å². The summed E-state index contributed by atoms with van der Waals surface area (Å²) in [6.45, 7) is 7.25. The molecule has 4 nitrogen and oxygen atoms in total. The van der Waals surface area contributed by atoms with Gasteiger partial charge in [0.2, 0.25) is 5.91 Å². The van der Waals surface area contributed by atoms with Gasteiger partial charge in [0.1, 0.15) is 0 Å². The van der Waals surface area contributed by atoms with E-state index in [9.17, 15) is 4.79 Å². The number of pyridine rings is 1. The minimum absolute atomic E-state index is 0.127. The molecule has 1 aromatic rings. The predicted molar refractivity (Wildman–Crippen MR) is 85.0 cm³/mol. The zero-order chi connectivity index (χ0) is 15.1. The van der Waals surface area contributed by atoms with Gasteiger partial charge >= 0.3 is 0 Å². The van der Waals surface area contributed by atoms with E-state index >= 15 is 0 Å². The molecule has 1 amide bonds. The van der Waals surface area contributed by atoms with Crippen molar-refractivity contribution in [2.24, 2.45) is 0 Å². The van der Waals surface area contributed by atoms with Gasteiger partial charge in [-0.1, -0.05) is 13.0 Å². The summed E-state index contributed by atoms with van der Waals surface area (Å²) in [6, 6.07) is 4.58. The number of aryl methyl sites for hydroxylation is 1. The highest BCUT2D eigenvalue weighted by Gasteiger charge is 2.18. The third kappa shape index (κ3) is 5.12. The molecule has 0 aliphatic carbocycles. The first kappa shape index (κ1) is 16.0. The van der Waals surface area contributed by atoms with Crippen molar-refractivity contribution in [3.05, 3.63) is 29.6 Å². The molecule has 2 heterocycles. The first-order chi connectivity index (χ1) is 10.2. The molecule has 1 aliphatic rings. The van der Waals surface area contributed by atoms with Crippen LogP contribution in [0.15, 0.2) is 18.3 Å². The number of likely N-dealkylation sites (tertiary alicyclic amines) is 1. The van der Waals surface area contributed by atoms with Gasteiger partial charge in [0.25, 0.3) is 0 Å². The molecule has 0 radical (unpaired) electrons. The van der Waals surface area contributed by atoms with E-state index in [-0.39, 0.29) is 5.91 Å². The average molecular weight is 289 g/mol. The SMILES string of the molecule is CCc1ccc(CNC(=O)CC[C@H](C)N2CCCC2)nc1. The van der Waals surface area contributed by atoms with E-state index in [1.807, 2.05) is 12.3 Å². The van der Waals surface area contributed by atoms with Crippen LogP contribution in [-0.4, -0.2) is 34.9 Å². The van der Waals surface area contributed by atoms with Gasteiger partial charge in [-0.2, -0.15) is 0 Å². The maximum absolute atomic E-state index is 11.9. The molecule has 0 aromatic carbocycles. The molecule has 0 bridgehead atoms. The number of carbonyl (C=O) groups excluding carboxylic acids is 1. The summed E-state index contributed by atoms with van der Waals surface area (Å²) >= 11 is 0. The second-order valence-corrected chi connectivity index (χ2v) is 5.92. The number of aromatic nitrogens is 1. The lowest BCUT2D eigenvalue weighted by atomic mass is 10.1. The molecule has 1 N–H and O–H groups in total. The third-order valence-electron chi connectivity index (χ3n) is 4.31. The van der Waals surface area contributed by atoms with Crippen molar-refractivity contribution in [3.8, 4) is 0 Å². The quantitative estimate of drug-likeness (QED) is 0.839. The number of carbonyl (C=O) groups is 1. The number of nitrogens with one attached hydrogen (secondary N) is 1. The number of rotatable bonds is 7. The van der Waals surface area contributed by atoms with Gasteiger partial charge in [-0.05, 0) is 57.3 Å². The molecule has 1 atom stereocenters. The fraction of sp³-hybridized carbons (Fsp3) is 0.647. The monoisotopic (exact) mass is 289 g/mol. The Hall–Kier alpha value is -1.42. The van der Waals surface area contributed by atoms with Crippen molar-refractivity contribution in [3.63, 3.8) is 0 Å². The normalized spacial score (nSPS) is 16.9. The van der Waals surface area contributed by atoms with Crippen LogP contribution in [0.3, 0.4) is 0 Å². The van der Waals surface area contributed by atoms with Crippen molar-refractivity contribution in [1.29, 1.82) is 0 Å². The summed E-state index contributed by atoms with van der Waals surface area (Å²) < 4.78 is 0. The first-order valence-corrected chi connectivity index (χ1v) is 8.13. The molecule has 2 rings (SSSR count). The van der Waals surface area contributed by atoms with Gasteiger partial charge in [0.15, 0.2) is 0 Å². The van der Waals surface area contributed by atoms with Gasteiger partial charge in [0.05, 0.1) is 12.2 Å². The van der Waals surface area contributed by atoms with E-state index in [4.69, 9.17) is 0 Å². The van der Waals surface area contributed by atoms with Crippen LogP contribution in [0.1, 0.15) is 50.8 Å². The Kier molecular flexibility index (Phi) is 6.18. The fourth-order valence-electron chi connectivity index (χ4n) is 2.75. The molecule has 0 spiro atoms. The molecular weight excluding hydrogens is 262 g/mol. The number of amides is 1. The predicted octanol–water partition coefficient (Wildman–Crippen LogP) is 2.52. The van der Waals surface area contributed by atoms with Crippen molar-refractivity contribution < 1.29 is 4.79 Å². The Morgan fingerprint density at radius 1 is 1.38 bits per heavy atom. The van der Waals surface area contributed by atoms with E-state index in [0.717, 1.165) is 18.5 Å². The van der Waals surface area contributed by atoms with Crippen molar-refractivity contribution in [2.45, 2.75) is 58.5 Å². The summed E-state index contributed by atoms with van der Waals surface area (Å²) in [4.78, 5) is 18.7. The molecule has 0 unspecified atom stereocenters. The lowest BCUT2D eigenvalue weighted by Crippen LogP contribution is -2.32. The molecule has 1 fully saturated rings. The van der Waals surface area contributed by atoms with Crippen molar-refractivity contribution in [2.75, 3.05) is 13.1 Å². The van der Waals surface area contributed by atoms with Gasteiger partial charge in [-0.3, -0.25) is 9.78 Å². The first-order valence-electron chi connectivity index (χ1n) is 8.13. The van der Waals surface area contributed by atoms with Crippen molar-refractivity contribution >= 4 is 5.91 Å². The molecular formula is C17H27N3O. The standard InChI is InChI=1S/C17H27N3O/c1-3-15-7-8-16(18-12-15)13-19-17(21)9-6-14(2)20-10-4-5-11-20/h7-8,12,14H,3-6,9-11,13H2,1-2H3,(H,19,21)/t14-/m0/s1. The van der Waals surface area contributed by atoms with Crippen LogP contribution in [0.25, 0.3) is 0 Å².